The molecular weight excluding hydrogens is 638 g/mol. The van der Waals surface area contributed by atoms with Crippen LogP contribution in [0.5, 0.6) is 0 Å². The Morgan fingerprint density at radius 2 is 1.51 bits per heavy atom. The summed E-state index contributed by atoms with van der Waals surface area (Å²) in [5.41, 5.74) is 4.65. The van der Waals surface area contributed by atoms with Crippen molar-refractivity contribution in [2.45, 2.75) is 71.4 Å². The standard InChI is InChI=1S/C38H41FN2O7.Na.H/c1-23(2)41-32(19-18-30(42)20-31(43)21-33(44)45)34(27-14-16-29(39)17-15-27)35(26-8-6-5-7-9-26)36(41)37(46)40-22-25-10-12-28(13-11-25)38(47)48-24(3)4;;/h5-19,23-24,30-31,42-43H,20-22H2,1-4H3,(H,40,46)(H,44,45);;/q;+1;-1/b19-18+;;/t30-,31-;;/m1../s1. The average molecular weight is 681 g/mol. The van der Waals surface area contributed by atoms with Gasteiger partial charge in [0.05, 0.1) is 30.3 Å². The molecule has 1 aromatic heterocycles. The Bertz CT molecular complexity index is 1760. The zero-order valence-corrected chi connectivity index (χ0v) is 30.4. The van der Waals surface area contributed by atoms with Gasteiger partial charge in [-0.25, -0.2) is 9.18 Å². The molecule has 0 fully saturated rings. The maximum Gasteiger partial charge on any atom is 1.00 e. The molecule has 1 heterocycles. The minimum absolute atomic E-state index is 0. The van der Waals surface area contributed by atoms with Gasteiger partial charge in [0.1, 0.15) is 11.5 Å². The Labute approximate surface area is 309 Å². The number of amides is 1. The number of hydrogen-bond donors (Lipinski definition) is 4. The minimum Gasteiger partial charge on any atom is -1.00 e. The predicted molar refractivity (Wildman–Crippen MR) is 183 cm³/mol. The van der Waals surface area contributed by atoms with E-state index in [1.807, 2.05) is 48.7 Å². The number of halogens is 1. The number of carboxylic acid groups (broad SMARTS) is 1. The van der Waals surface area contributed by atoms with Gasteiger partial charge in [0, 0.05) is 35.8 Å². The molecule has 0 aliphatic heterocycles. The van der Waals surface area contributed by atoms with Crippen LogP contribution >= 0.6 is 0 Å². The number of esters is 1. The largest absolute Gasteiger partial charge is 1.00 e. The van der Waals surface area contributed by atoms with Gasteiger partial charge in [0.25, 0.3) is 5.91 Å². The van der Waals surface area contributed by atoms with Crippen molar-refractivity contribution in [2.24, 2.45) is 0 Å². The van der Waals surface area contributed by atoms with Crippen LogP contribution in [0.3, 0.4) is 0 Å². The van der Waals surface area contributed by atoms with Crippen LogP contribution in [0.15, 0.2) is 84.9 Å². The van der Waals surface area contributed by atoms with Crippen LogP contribution in [-0.2, 0) is 16.1 Å². The zero-order valence-electron chi connectivity index (χ0n) is 29.4. The number of ether oxygens (including phenoxy) is 1. The molecule has 0 saturated heterocycles. The number of aromatic nitrogens is 1. The minimum atomic E-state index is -1.26. The van der Waals surface area contributed by atoms with Crippen molar-refractivity contribution in [1.29, 1.82) is 0 Å². The van der Waals surface area contributed by atoms with Gasteiger partial charge < -0.3 is 31.4 Å². The van der Waals surface area contributed by atoms with E-state index >= 15 is 0 Å². The molecule has 11 heteroatoms. The number of benzene rings is 3. The van der Waals surface area contributed by atoms with E-state index in [1.54, 1.807) is 56.3 Å². The van der Waals surface area contributed by atoms with E-state index < -0.39 is 36.4 Å². The molecule has 4 aromatic rings. The molecule has 9 nitrogen and oxygen atoms in total. The van der Waals surface area contributed by atoms with Gasteiger partial charge in [-0.3, -0.25) is 9.59 Å². The van der Waals surface area contributed by atoms with Crippen molar-refractivity contribution in [2.75, 3.05) is 0 Å². The zero-order chi connectivity index (χ0) is 35.0. The van der Waals surface area contributed by atoms with Crippen molar-refractivity contribution in [3.63, 3.8) is 0 Å². The fourth-order valence-electron chi connectivity index (χ4n) is 5.48. The normalized spacial score (nSPS) is 12.5. The Kier molecular flexibility index (Phi) is 14.5. The molecule has 254 valence electrons. The molecule has 2 atom stereocenters. The van der Waals surface area contributed by atoms with Gasteiger partial charge in [-0.05, 0) is 74.7 Å². The number of aliphatic carboxylic acids is 1. The molecule has 1 amide bonds. The summed E-state index contributed by atoms with van der Waals surface area (Å²) < 4.78 is 21.2. The summed E-state index contributed by atoms with van der Waals surface area (Å²) in [7, 11) is 0. The molecule has 0 unspecified atom stereocenters. The summed E-state index contributed by atoms with van der Waals surface area (Å²) in [5, 5.41) is 32.8. The van der Waals surface area contributed by atoms with E-state index in [1.165, 1.54) is 18.2 Å². The molecule has 0 aliphatic carbocycles. The number of carbonyl (C=O) groups is 3. The van der Waals surface area contributed by atoms with E-state index in [4.69, 9.17) is 9.84 Å². The summed E-state index contributed by atoms with van der Waals surface area (Å²) in [6, 6.07) is 21.8. The van der Waals surface area contributed by atoms with Crippen LogP contribution < -0.4 is 34.9 Å². The molecular formula is C38H42FN2NaO7. The smallest absolute Gasteiger partial charge is 1.00 e. The molecule has 49 heavy (non-hydrogen) atoms. The summed E-state index contributed by atoms with van der Waals surface area (Å²) in [6.45, 7) is 7.54. The van der Waals surface area contributed by atoms with Crippen LogP contribution in [0.1, 0.15) is 80.1 Å². The monoisotopic (exact) mass is 680 g/mol. The maximum atomic E-state index is 14.2. The van der Waals surface area contributed by atoms with Gasteiger partial charge in [-0.1, -0.05) is 60.7 Å². The molecule has 0 bridgehead atoms. The van der Waals surface area contributed by atoms with Crippen LogP contribution in [0, 0.1) is 5.82 Å². The molecule has 3 aromatic carbocycles. The molecule has 0 aliphatic rings. The summed E-state index contributed by atoms with van der Waals surface area (Å²) in [4.78, 5) is 37.6. The topological polar surface area (TPSA) is 138 Å². The van der Waals surface area contributed by atoms with Gasteiger partial charge in [-0.15, -0.1) is 0 Å². The number of aliphatic hydroxyl groups excluding tert-OH is 2. The van der Waals surface area contributed by atoms with Crippen LogP contribution in [0.4, 0.5) is 4.39 Å². The predicted octanol–water partition coefficient (Wildman–Crippen LogP) is 3.75. The van der Waals surface area contributed by atoms with Gasteiger partial charge in [0.15, 0.2) is 0 Å². The first kappa shape index (κ1) is 39.4. The fraction of sp³-hybridized carbons (Fsp3) is 0.289. The number of aliphatic hydroxyl groups is 2. The Morgan fingerprint density at radius 3 is 2.08 bits per heavy atom. The van der Waals surface area contributed by atoms with E-state index in [0.717, 1.165) is 11.1 Å². The van der Waals surface area contributed by atoms with Crippen LogP contribution in [0.2, 0.25) is 0 Å². The molecule has 4 N–H and O–H groups in total. The molecule has 0 spiro atoms. The van der Waals surface area contributed by atoms with Gasteiger partial charge >= 0.3 is 41.5 Å². The molecule has 0 saturated carbocycles. The number of rotatable bonds is 14. The third kappa shape index (κ3) is 10.5. The van der Waals surface area contributed by atoms with E-state index in [9.17, 15) is 29.0 Å². The summed E-state index contributed by atoms with van der Waals surface area (Å²) in [6.07, 6.45) is -0.311. The van der Waals surface area contributed by atoms with Crippen molar-refractivity contribution >= 4 is 23.9 Å². The molecule has 4 rings (SSSR count). The number of nitrogens with zero attached hydrogens (tertiary/aromatic N) is 1. The first-order valence-corrected chi connectivity index (χ1v) is 15.8. The Morgan fingerprint density at radius 1 is 0.898 bits per heavy atom. The second-order valence-corrected chi connectivity index (χ2v) is 12.1. The van der Waals surface area contributed by atoms with Crippen LogP contribution in [-0.4, -0.2) is 56.0 Å². The van der Waals surface area contributed by atoms with E-state index in [0.29, 0.717) is 33.6 Å². The van der Waals surface area contributed by atoms with Crippen molar-refractivity contribution in [3.8, 4) is 22.3 Å². The maximum absolute atomic E-state index is 14.2. The second kappa shape index (κ2) is 18.1. The van der Waals surface area contributed by atoms with E-state index in [-0.39, 0.29) is 62.0 Å². The number of nitrogens with one attached hydrogen (secondary N) is 1. The third-order valence-corrected chi connectivity index (χ3v) is 7.56. The average Bonchev–Trinajstić information content (AvgIpc) is 3.38. The van der Waals surface area contributed by atoms with Gasteiger partial charge in [0.2, 0.25) is 0 Å². The van der Waals surface area contributed by atoms with Crippen molar-refractivity contribution in [1.82, 2.24) is 9.88 Å². The number of carboxylic acids is 1. The third-order valence-electron chi connectivity index (χ3n) is 7.56. The van der Waals surface area contributed by atoms with E-state index in [2.05, 4.69) is 5.32 Å². The quantitative estimate of drug-likeness (QED) is 0.118. The van der Waals surface area contributed by atoms with Crippen LogP contribution in [0.25, 0.3) is 28.3 Å². The first-order chi connectivity index (χ1) is 22.8. The van der Waals surface area contributed by atoms with Crippen molar-refractivity contribution < 1.29 is 69.8 Å². The fourth-order valence-corrected chi connectivity index (χ4v) is 5.48. The Balaban J connectivity index is 0.00000433. The number of hydrogen-bond acceptors (Lipinski definition) is 6. The summed E-state index contributed by atoms with van der Waals surface area (Å²) in [5.74, 6) is -2.42. The Hall–Kier alpha value is -4.06. The first-order valence-electron chi connectivity index (χ1n) is 15.8. The van der Waals surface area contributed by atoms with Gasteiger partial charge in [-0.2, -0.15) is 0 Å². The molecule has 0 radical (unpaired) electrons. The number of carbonyl (C=O) groups excluding carboxylic acids is 2. The summed E-state index contributed by atoms with van der Waals surface area (Å²) >= 11 is 0. The SMILES string of the molecule is CC(C)OC(=O)c1ccc(CNC(=O)c2c(-c3ccccc3)c(-c3ccc(F)cc3)c(/C=C/[C@@H](O)C[C@@H](O)CC(=O)O)n2C(C)C)cc1.[H-].[Na+]. The van der Waals surface area contributed by atoms with Crippen molar-refractivity contribution in [3.05, 3.63) is 113 Å². The second-order valence-electron chi connectivity index (χ2n) is 12.1.